The van der Waals surface area contributed by atoms with Crippen LogP contribution in [0.3, 0.4) is 0 Å². The van der Waals surface area contributed by atoms with Crippen molar-refractivity contribution in [3.63, 3.8) is 0 Å². The lowest BCUT2D eigenvalue weighted by Crippen LogP contribution is -2.42. The Hall–Kier alpha value is -2.62. The highest BCUT2D eigenvalue weighted by molar-refractivity contribution is 5.91. The van der Waals surface area contributed by atoms with Gasteiger partial charge in [-0.2, -0.15) is 0 Å². The van der Waals surface area contributed by atoms with E-state index in [2.05, 4.69) is 17.4 Å². The molecule has 0 aromatic heterocycles. The number of hydrogen-bond acceptors (Lipinski definition) is 3. The minimum Gasteiger partial charge on any atom is -0.457 e. The Balaban J connectivity index is 0.00000225. The Labute approximate surface area is 172 Å². The van der Waals surface area contributed by atoms with Crippen LogP contribution in [0.15, 0.2) is 84.9 Å². The molecule has 0 radical (unpaired) electrons. The molecule has 1 heterocycles. The monoisotopic (exact) mass is 393 g/mol. The minimum atomic E-state index is -0.262. The first-order valence-corrected chi connectivity index (χ1v) is 9.43. The maximum absolute atomic E-state index is 12.8. The van der Waals surface area contributed by atoms with Gasteiger partial charge in [0, 0.05) is 12.5 Å². The van der Waals surface area contributed by atoms with Crippen LogP contribution in [0.4, 0.5) is 0 Å². The number of benzene rings is 3. The van der Waals surface area contributed by atoms with Gasteiger partial charge in [-0.05, 0) is 41.8 Å². The molecule has 0 saturated carbocycles. The van der Waals surface area contributed by atoms with E-state index < -0.39 is 0 Å². The lowest BCUT2D eigenvalue weighted by atomic mass is 9.88. The van der Waals surface area contributed by atoms with Crippen molar-refractivity contribution in [2.75, 3.05) is 13.1 Å². The van der Waals surface area contributed by atoms with E-state index in [-0.39, 0.29) is 30.4 Å². The third-order valence-corrected chi connectivity index (χ3v) is 5.12. The zero-order valence-electron chi connectivity index (χ0n) is 15.6. The standard InChI is InChI=1S/C24H23NO2.ClH/c26-24(21-13-7-12-20(16-21)18-8-3-1-4-9-18)27-23-17-25-15-14-22(23)19-10-5-2-6-11-19;/h1-13,16,22-23,25H,14-15,17H2;1H/t22-,23+;/m0./s1. The molecule has 0 amide bonds. The van der Waals surface area contributed by atoms with Crippen LogP contribution >= 0.6 is 12.4 Å². The quantitative estimate of drug-likeness (QED) is 0.628. The SMILES string of the molecule is Cl.O=C(O[C@@H]1CNCC[C@H]1c1ccccc1)c1cccc(-c2ccccc2)c1. The number of carbonyl (C=O) groups is 1. The minimum absolute atomic E-state index is 0. The summed E-state index contributed by atoms with van der Waals surface area (Å²) in [5.41, 5.74) is 3.93. The van der Waals surface area contributed by atoms with E-state index in [4.69, 9.17) is 4.74 Å². The van der Waals surface area contributed by atoms with Gasteiger partial charge in [0.05, 0.1) is 5.56 Å². The third-order valence-electron chi connectivity index (χ3n) is 5.12. The molecule has 3 aromatic carbocycles. The smallest absolute Gasteiger partial charge is 0.338 e. The molecule has 3 nitrogen and oxygen atoms in total. The summed E-state index contributed by atoms with van der Waals surface area (Å²) in [7, 11) is 0. The number of piperidine rings is 1. The zero-order valence-corrected chi connectivity index (χ0v) is 16.4. The number of ether oxygens (including phenoxy) is 1. The fourth-order valence-electron chi connectivity index (χ4n) is 3.70. The molecule has 0 spiro atoms. The van der Waals surface area contributed by atoms with Crippen molar-refractivity contribution in [3.05, 3.63) is 96.1 Å². The molecule has 4 rings (SSSR count). The van der Waals surface area contributed by atoms with Crippen LogP contribution < -0.4 is 5.32 Å². The highest BCUT2D eigenvalue weighted by Crippen LogP contribution is 2.28. The van der Waals surface area contributed by atoms with E-state index in [0.29, 0.717) is 12.1 Å². The van der Waals surface area contributed by atoms with Gasteiger partial charge >= 0.3 is 5.97 Å². The molecule has 1 aliphatic rings. The molecule has 0 bridgehead atoms. The number of rotatable bonds is 4. The number of hydrogen-bond donors (Lipinski definition) is 1. The third kappa shape index (κ3) is 4.61. The van der Waals surface area contributed by atoms with Gasteiger partial charge in [0.25, 0.3) is 0 Å². The average Bonchev–Trinajstić information content (AvgIpc) is 2.75. The van der Waals surface area contributed by atoms with Crippen molar-refractivity contribution in [3.8, 4) is 11.1 Å². The molecule has 1 saturated heterocycles. The van der Waals surface area contributed by atoms with Crippen molar-refractivity contribution in [2.24, 2.45) is 0 Å². The zero-order chi connectivity index (χ0) is 18.5. The van der Waals surface area contributed by atoms with Gasteiger partial charge in [-0.1, -0.05) is 72.8 Å². The summed E-state index contributed by atoms with van der Waals surface area (Å²) in [6.45, 7) is 1.63. The first kappa shape index (κ1) is 20.1. The van der Waals surface area contributed by atoms with Gasteiger partial charge in [-0.3, -0.25) is 0 Å². The summed E-state index contributed by atoms with van der Waals surface area (Å²) < 4.78 is 5.93. The number of esters is 1. The van der Waals surface area contributed by atoms with Crippen molar-refractivity contribution in [1.29, 1.82) is 0 Å². The highest BCUT2D eigenvalue weighted by atomic mass is 35.5. The average molecular weight is 394 g/mol. The molecular formula is C24H24ClNO2. The van der Waals surface area contributed by atoms with Crippen LogP contribution in [-0.2, 0) is 4.74 Å². The second-order valence-electron chi connectivity index (χ2n) is 6.90. The van der Waals surface area contributed by atoms with Crippen molar-refractivity contribution < 1.29 is 9.53 Å². The molecule has 0 unspecified atom stereocenters. The molecular weight excluding hydrogens is 370 g/mol. The van der Waals surface area contributed by atoms with Gasteiger partial charge < -0.3 is 10.1 Å². The summed E-state index contributed by atoms with van der Waals surface area (Å²) >= 11 is 0. The van der Waals surface area contributed by atoms with Gasteiger partial charge in [-0.15, -0.1) is 12.4 Å². The van der Waals surface area contributed by atoms with Crippen LogP contribution in [0.2, 0.25) is 0 Å². The summed E-state index contributed by atoms with van der Waals surface area (Å²) in [6, 6.07) is 28.1. The molecule has 0 aliphatic carbocycles. The molecule has 144 valence electrons. The Kier molecular flexibility index (Phi) is 6.85. The molecule has 4 heteroatoms. The second kappa shape index (κ2) is 9.54. The molecule has 1 N–H and O–H groups in total. The van der Waals surface area contributed by atoms with Crippen LogP contribution in [0.1, 0.15) is 28.3 Å². The topological polar surface area (TPSA) is 38.3 Å². The van der Waals surface area contributed by atoms with Crippen LogP contribution in [0.5, 0.6) is 0 Å². The van der Waals surface area contributed by atoms with E-state index in [1.165, 1.54) is 5.56 Å². The summed E-state index contributed by atoms with van der Waals surface area (Å²) in [5, 5.41) is 3.35. The van der Waals surface area contributed by atoms with Crippen molar-refractivity contribution in [2.45, 2.75) is 18.4 Å². The van der Waals surface area contributed by atoms with Gasteiger partial charge in [0.2, 0.25) is 0 Å². The summed E-state index contributed by atoms with van der Waals surface area (Å²) in [4.78, 5) is 12.8. The molecule has 1 fully saturated rings. The lowest BCUT2D eigenvalue weighted by Gasteiger charge is -2.32. The normalized spacial score (nSPS) is 18.7. The van der Waals surface area contributed by atoms with E-state index in [1.54, 1.807) is 0 Å². The number of carbonyl (C=O) groups excluding carboxylic acids is 1. The lowest BCUT2D eigenvalue weighted by molar-refractivity contribution is 0.0182. The Morgan fingerprint density at radius 2 is 1.54 bits per heavy atom. The van der Waals surface area contributed by atoms with Crippen LogP contribution in [0.25, 0.3) is 11.1 Å². The predicted octanol–water partition coefficient (Wildman–Crippen LogP) is 5.08. The van der Waals surface area contributed by atoms with E-state index in [9.17, 15) is 4.79 Å². The Morgan fingerprint density at radius 3 is 2.29 bits per heavy atom. The summed E-state index contributed by atoms with van der Waals surface area (Å²) in [6.07, 6.45) is 0.806. The maximum Gasteiger partial charge on any atom is 0.338 e. The highest BCUT2D eigenvalue weighted by Gasteiger charge is 2.29. The van der Waals surface area contributed by atoms with Gasteiger partial charge in [-0.25, -0.2) is 4.79 Å². The second-order valence-corrected chi connectivity index (χ2v) is 6.90. The molecule has 28 heavy (non-hydrogen) atoms. The maximum atomic E-state index is 12.8. The largest absolute Gasteiger partial charge is 0.457 e. The van der Waals surface area contributed by atoms with Crippen LogP contribution in [-0.4, -0.2) is 25.2 Å². The van der Waals surface area contributed by atoms with E-state index in [0.717, 1.165) is 24.1 Å². The fourth-order valence-corrected chi connectivity index (χ4v) is 3.70. The van der Waals surface area contributed by atoms with Crippen LogP contribution in [0, 0.1) is 0 Å². The fraction of sp³-hybridized carbons (Fsp3) is 0.208. The summed E-state index contributed by atoms with van der Waals surface area (Å²) in [5.74, 6) is -0.0314. The molecule has 2 atom stereocenters. The number of nitrogens with one attached hydrogen (secondary N) is 1. The van der Waals surface area contributed by atoms with Gasteiger partial charge in [0.15, 0.2) is 0 Å². The first-order valence-electron chi connectivity index (χ1n) is 9.43. The number of halogens is 1. The van der Waals surface area contributed by atoms with Gasteiger partial charge in [0.1, 0.15) is 6.10 Å². The van der Waals surface area contributed by atoms with Crippen molar-refractivity contribution in [1.82, 2.24) is 5.32 Å². The van der Waals surface area contributed by atoms with E-state index >= 15 is 0 Å². The van der Waals surface area contributed by atoms with Crippen molar-refractivity contribution >= 4 is 18.4 Å². The predicted molar refractivity (Wildman–Crippen MR) is 115 cm³/mol. The Morgan fingerprint density at radius 1 is 0.857 bits per heavy atom. The first-order chi connectivity index (χ1) is 13.3. The van der Waals surface area contributed by atoms with E-state index in [1.807, 2.05) is 72.8 Å². The molecule has 1 aliphatic heterocycles. The Bertz CT molecular complexity index is 899. The molecule has 3 aromatic rings.